The van der Waals surface area contributed by atoms with Crippen LogP contribution in [0, 0.1) is 0 Å². The Bertz CT molecular complexity index is 597. The summed E-state index contributed by atoms with van der Waals surface area (Å²) in [4.78, 5) is 19.3. The van der Waals surface area contributed by atoms with Gasteiger partial charge in [-0.1, -0.05) is 0 Å². The van der Waals surface area contributed by atoms with Crippen LogP contribution in [0.15, 0.2) is 36.7 Å². The summed E-state index contributed by atoms with van der Waals surface area (Å²) in [5, 5.41) is 0. The molecule has 98 valence electrons. The van der Waals surface area contributed by atoms with Crippen LogP contribution in [-0.4, -0.2) is 22.0 Å². The minimum absolute atomic E-state index is 0.0195. The number of ether oxygens (including phenoxy) is 1. The first kappa shape index (κ1) is 13.0. The highest BCUT2D eigenvalue weighted by atomic mass is 16.5. The maximum Gasteiger partial charge on any atom is 0.267 e. The molecule has 0 fully saturated rings. The third kappa shape index (κ3) is 3.07. The Hall–Kier alpha value is -2.43. The Morgan fingerprint density at radius 3 is 2.74 bits per heavy atom. The number of carbonyl (C=O) groups is 1. The number of rotatable bonds is 4. The van der Waals surface area contributed by atoms with Crippen molar-refractivity contribution >= 4 is 5.91 Å². The van der Waals surface area contributed by atoms with E-state index in [2.05, 4.69) is 9.97 Å². The lowest BCUT2D eigenvalue weighted by Crippen LogP contribution is -2.13. The van der Waals surface area contributed by atoms with Gasteiger partial charge in [0.15, 0.2) is 0 Å². The summed E-state index contributed by atoms with van der Waals surface area (Å²) in [5.41, 5.74) is 7.06. The van der Waals surface area contributed by atoms with E-state index in [1.807, 2.05) is 26.0 Å². The van der Waals surface area contributed by atoms with Gasteiger partial charge in [0.25, 0.3) is 5.91 Å². The molecule has 2 rings (SSSR count). The second-order valence-corrected chi connectivity index (χ2v) is 4.32. The molecule has 0 saturated heterocycles. The van der Waals surface area contributed by atoms with Gasteiger partial charge in [-0.05, 0) is 43.7 Å². The lowest BCUT2D eigenvalue weighted by atomic mass is 10.1. The van der Waals surface area contributed by atoms with E-state index in [-0.39, 0.29) is 11.8 Å². The lowest BCUT2D eigenvalue weighted by molar-refractivity contribution is 0.0995. The van der Waals surface area contributed by atoms with E-state index < -0.39 is 5.91 Å². The van der Waals surface area contributed by atoms with Crippen LogP contribution in [0.1, 0.15) is 24.3 Å². The maximum atomic E-state index is 11.2. The largest absolute Gasteiger partial charge is 0.475 e. The summed E-state index contributed by atoms with van der Waals surface area (Å²) in [6.45, 7) is 3.86. The third-order valence-corrected chi connectivity index (χ3v) is 2.44. The molecule has 0 unspecified atom stereocenters. The topological polar surface area (TPSA) is 78.1 Å². The number of aromatic nitrogens is 2. The second-order valence-electron chi connectivity index (χ2n) is 4.32. The van der Waals surface area contributed by atoms with E-state index in [1.165, 1.54) is 0 Å². The summed E-state index contributed by atoms with van der Waals surface area (Å²) in [6, 6.07) is 7.11. The van der Waals surface area contributed by atoms with Crippen LogP contribution in [0.3, 0.4) is 0 Å². The van der Waals surface area contributed by atoms with Crippen molar-refractivity contribution < 1.29 is 9.53 Å². The van der Waals surface area contributed by atoms with Crippen LogP contribution in [0.4, 0.5) is 0 Å². The van der Waals surface area contributed by atoms with Crippen molar-refractivity contribution in [1.82, 2.24) is 9.97 Å². The molecule has 2 heterocycles. The number of hydrogen-bond donors (Lipinski definition) is 1. The van der Waals surface area contributed by atoms with Gasteiger partial charge in [-0.25, -0.2) is 4.98 Å². The Morgan fingerprint density at radius 1 is 1.26 bits per heavy atom. The molecule has 5 heteroatoms. The Morgan fingerprint density at radius 2 is 2.05 bits per heavy atom. The number of pyridine rings is 2. The quantitative estimate of drug-likeness (QED) is 0.909. The fourth-order valence-electron chi connectivity index (χ4n) is 1.66. The molecule has 1 amide bonds. The van der Waals surface area contributed by atoms with Crippen molar-refractivity contribution in [2.24, 2.45) is 5.73 Å². The summed E-state index contributed by atoms with van der Waals surface area (Å²) in [7, 11) is 0. The van der Waals surface area contributed by atoms with Crippen molar-refractivity contribution in [2.75, 3.05) is 0 Å². The number of nitrogens with zero attached hydrogens (tertiary/aromatic N) is 2. The van der Waals surface area contributed by atoms with Gasteiger partial charge in [0.05, 0.1) is 6.10 Å². The van der Waals surface area contributed by atoms with Crippen LogP contribution in [0.2, 0.25) is 0 Å². The molecule has 0 spiro atoms. The molecule has 0 aliphatic carbocycles. The lowest BCUT2D eigenvalue weighted by Gasteiger charge is -2.13. The zero-order valence-corrected chi connectivity index (χ0v) is 10.8. The van der Waals surface area contributed by atoms with Crippen LogP contribution in [0.25, 0.3) is 11.1 Å². The minimum atomic E-state index is -0.558. The van der Waals surface area contributed by atoms with Crippen molar-refractivity contribution in [1.29, 1.82) is 0 Å². The first-order valence-electron chi connectivity index (χ1n) is 5.96. The fraction of sp³-hybridized carbons (Fsp3) is 0.214. The Labute approximate surface area is 111 Å². The molecule has 0 aliphatic rings. The van der Waals surface area contributed by atoms with Gasteiger partial charge in [-0.15, -0.1) is 0 Å². The predicted octanol–water partition coefficient (Wildman–Crippen LogP) is 2.03. The molecule has 0 radical (unpaired) electrons. The average Bonchev–Trinajstić information content (AvgIpc) is 2.39. The van der Waals surface area contributed by atoms with Gasteiger partial charge in [-0.2, -0.15) is 0 Å². The van der Waals surface area contributed by atoms with Gasteiger partial charge in [0, 0.05) is 18.0 Å². The van der Waals surface area contributed by atoms with E-state index in [9.17, 15) is 4.79 Å². The monoisotopic (exact) mass is 257 g/mol. The van der Waals surface area contributed by atoms with E-state index in [1.54, 1.807) is 24.5 Å². The first-order chi connectivity index (χ1) is 9.08. The van der Waals surface area contributed by atoms with Crippen LogP contribution in [-0.2, 0) is 0 Å². The Balaban J connectivity index is 2.46. The molecule has 2 aromatic heterocycles. The predicted molar refractivity (Wildman–Crippen MR) is 71.7 cm³/mol. The number of amides is 1. The Kier molecular flexibility index (Phi) is 3.75. The molecule has 0 bridgehead atoms. The van der Waals surface area contributed by atoms with Gasteiger partial charge < -0.3 is 10.5 Å². The van der Waals surface area contributed by atoms with Gasteiger partial charge >= 0.3 is 0 Å². The van der Waals surface area contributed by atoms with Gasteiger partial charge in [-0.3, -0.25) is 9.78 Å². The summed E-state index contributed by atoms with van der Waals surface area (Å²) in [6.07, 6.45) is 3.23. The average molecular weight is 257 g/mol. The number of primary amides is 1. The van der Waals surface area contributed by atoms with E-state index in [0.29, 0.717) is 5.88 Å². The smallest absolute Gasteiger partial charge is 0.267 e. The van der Waals surface area contributed by atoms with Gasteiger partial charge in [0.2, 0.25) is 5.88 Å². The maximum absolute atomic E-state index is 11.2. The second kappa shape index (κ2) is 5.48. The standard InChI is InChI=1S/C14H15N3O2/c1-9(2)19-14-11(4-3-6-17-14)10-5-7-16-12(8-10)13(15)18/h3-9H,1-2H3,(H2,15,18). The summed E-state index contributed by atoms with van der Waals surface area (Å²) in [5.74, 6) is -0.0313. The summed E-state index contributed by atoms with van der Waals surface area (Å²) < 4.78 is 5.65. The van der Waals surface area contributed by atoms with Crippen LogP contribution >= 0.6 is 0 Å². The van der Waals surface area contributed by atoms with E-state index in [0.717, 1.165) is 11.1 Å². The highest BCUT2D eigenvalue weighted by Crippen LogP contribution is 2.28. The van der Waals surface area contributed by atoms with Crippen LogP contribution in [0.5, 0.6) is 5.88 Å². The molecule has 19 heavy (non-hydrogen) atoms. The highest BCUT2D eigenvalue weighted by molar-refractivity contribution is 5.92. The molecular formula is C14H15N3O2. The zero-order valence-electron chi connectivity index (χ0n) is 10.8. The first-order valence-corrected chi connectivity index (χ1v) is 5.96. The zero-order chi connectivity index (χ0) is 13.8. The molecule has 0 aromatic carbocycles. The SMILES string of the molecule is CC(C)Oc1ncccc1-c1ccnc(C(N)=O)c1. The van der Waals surface area contributed by atoms with E-state index in [4.69, 9.17) is 10.5 Å². The van der Waals surface area contributed by atoms with Crippen molar-refractivity contribution in [3.05, 3.63) is 42.4 Å². The minimum Gasteiger partial charge on any atom is -0.475 e. The fourth-order valence-corrected chi connectivity index (χ4v) is 1.66. The molecule has 2 aromatic rings. The molecular weight excluding hydrogens is 242 g/mol. The highest BCUT2D eigenvalue weighted by Gasteiger charge is 2.11. The molecule has 0 atom stereocenters. The van der Waals surface area contributed by atoms with Crippen molar-refractivity contribution in [2.45, 2.75) is 20.0 Å². The molecule has 0 aliphatic heterocycles. The third-order valence-electron chi connectivity index (χ3n) is 2.44. The summed E-state index contributed by atoms with van der Waals surface area (Å²) >= 11 is 0. The number of carbonyl (C=O) groups excluding carboxylic acids is 1. The van der Waals surface area contributed by atoms with Gasteiger partial charge in [0.1, 0.15) is 5.69 Å². The molecule has 5 nitrogen and oxygen atoms in total. The van der Waals surface area contributed by atoms with E-state index >= 15 is 0 Å². The molecule has 2 N–H and O–H groups in total. The van der Waals surface area contributed by atoms with Crippen molar-refractivity contribution in [3.8, 4) is 17.0 Å². The number of nitrogens with two attached hydrogens (primary N) is 1. The van der Waals surface area contributed by atoms with Crippen molar-refractivity contribution in [3.63, 3.8) is 0 Å². The number of hydrogen-bond acceptors (Lipinski definition) is 4. The normalized spacial score (nSPS) is 10.5. The van der Waals surface area contributed by atoms with Crippen LogP contribution < -0.4 is 10.5 Å². The molecule has 0 saturated carbocycles.